The van der Waals surface area contributed by atoms with Crippen LogP contribution < -0.4 is 5.32 Å². The number of nitrogens with one attached hydrogen (secondary N) is 1. The molecule has 0 spiro atoms. The van der Waals surface area contributed by atoms with Crippen molar-refractivity contribution < 1.29 is 0 Å². The number of hydrogen-bond donors (Lipinski definition) is 1. The quantitative estimate of drug-likeness (QED) is 0.751. The number of nitrogens with zero attached hydrogens (tertiary/aromatic N) is 2. The van der Waals surface area contributed by atoms with E-state index in [1.54, 1.807) is 0 Å². The normalized spacial score (nSPS) is 12.1. The van der Waals surface area contributed by atoms with Crippen LogP contribution in [0.15, 0.2) is 6.33 Å². The Labute approximate surface area is 99.3 Å². The molecule has 0 radical (unpaired) electrons. The molecule has 1 rings (SSSR count). The first-order valence-corrected chi connectivity index (χ1v) is 6.15. The fourth-order valence-electron chi connectivity index (χ4n) is 1.82. The van der Waals surface area contributed by atoms with Crippen LogP contribution in [0.25, 0.3) is 0 Å². The molecule has 1 aromatic heterocycles. The molecule has 92 valence electrons. The topological polar surface area (TPSA) is 29.9 Å². The van der Waals surface area contributed by atoms with E-state index < -0.39 is 0 Å². The van der Waals surface area contributed by atoms with E-state index in [1.165, 1.54) is 12.1 Å². The number of imidazole rings is 1. The summed E-state index contributed by atoms with van der Waals surface area (Å²) in [5.41, 5.74) is 2.69. The molecule has 0 saturated heterocycles. The summed E-state index contributed by atoms with van der Waals surface area (Å²) in [6.45, 7) is 14.2. The minimum absolute atomic E-state index is 0.271. The third-order valence-electron chi connectivity index (χ3n) is 2.97. The summed E-state index contributed by atoms with van der Waals surface area (Å²) in [6, 6.07) is 0. The summed E-state index contributed by atoms with van der Waals surface area (Å²) in [5, 5.41) is 3.49. The highest BCUT2D eigenvalue weighted by molar-refractivity contribution is 5.08. The van der Waals surface area contributed by atoms with Crippen molar-refractivity contribution in [3.8, 4) is 0 Å². The molecule has 1 N–H and O–H groups in total. The third-order valence-corrected chi connectivity index (χ3v) is 2.97. The largest absolute Gasteiger partial charge is 0.334 e. The SMILES string of the molecule is CCCNCC(C)(C)Cn1cnc(C)c1C. The fraction of sp³-hybridized carbons (Fsp3) is 0.769. The zero-order chi connectivity index (χ0) is 12.2. The van der Waals surface area contributed by atoms with Crippen LogP contribution in [-0.2, 0) is 6.54 Å². The van der Waals surface area contributed by atoms with Gasteiger partial charge in [0.1, 0.15) is 0 Å². The monoisotopic (exact) mass is 223 g/mol. The van der Waals surface area contributed by atoms with Gasteiger partial charge in [-0.2, -0.15) is 0 Å². The highest BCUT2D eigenvalue weighted by atomic mass is 15.1. The Balaban J connectivity index is 2.54. The van der Waals surface area contributed by atoms with E-state index in [4.69, 9.17) is 0 Å². The molecule has 0 aliphatic rings. The Morgan fingerprint density at radius 1 is 1.38 bits per heavy atom. The van der Waals surface area contributed by atoms with Crippen molar-refractivity contribution in [1.29, 1.82) is 0 Å². The molecule has 0 aliphatic carbocycles. The molecule has 0 saturated carbocycles. The first-order valence-electron chi connectivity index (χ1n) is 6.15. The van der Waals surface area contributed by atoms with Gasteiger partial charge in [-0.25, -0.2) is 4.98 Å². The van der Waals surface area contributed by atoms with Crippen molar-refractivity contribution in [2.45, 2.75) is 47.6 Å². The smallest absolute Gasteiger partial charge is 0.0951 e. The molecule has 16 heavy (non-hydrogen) atoms. The molecule has 0 bridgehead atoms. The number of rotatable bonds is 6. The van der Waals surface area contributed by atoms with Gasteiger partial charge in [0.15, 0.2) is 0 Å². The van der Waals surface area contributed by atoms with Crippen LogP contribution in [0.4, 0.5) is 0 Å². The van der Waals surface area contributed by atoms with E-state index in [1.807, 2.05) is 6.33 Å². The zero-order valence-electron chi connectivity index (χ0n) is 11.3. The molecule has 3 heteroatoms. The molecule has 0 atom stereocenters. The van der Waals surface area contributed by atoms with Crippen LogP contribution in [0, 0.1) is 19.3 Å². The van der Waals surface area contributed by atoms with E-state index in [0.717, 1.165) is 25.3 Å². The second-order valence-corrected chi connectivity index (χ2v) is 5.38. The van der Waals surface area contributed by atoms with Gasteiger partial charge >= 0.3 is 0 Å². The van der Waals surface area contributed by atoms with E-state index in [0.29, 0.717) is 0 Å². The number of aryl methyl sites for hydroxylation is 1. The maximum Gasteiger partial charge on any atom is 0.0951 e. The lowest BCUT2D eigenvalue weighted by Crippen LogP contribution is -2.33. The van der Waals surface area contributed by atoms with Gasteiger partial charge in [-0.3, -0.25) is 0 Å². The average Bonchev–Trinajstić information content (AvgIpc) is 2.49. The van der Waals surface area contributed by atoms with Crippen LogP contribution in [0.3, 0.4) is 0 Å². The number of aromatic nitrogens is 2. The molecule has 0 aromatic carbocycles. The lowest BCUT2D eigenvalue weighted by Gasteiger charge is -2.26. The van der Waals surface area contributed by atoms with Gasteiger partial charge in [-0.1, -0.05) is 20.8 Å². The van der Waals surface area contributed by atoms with Gasteiger partial charge in [-0.05, 0) is 32.2 Å². The summed E-state index contributed by atoms with van der Waals surface area (Å²) < 4.78 is 2.25. The standard InChI is InChI=1S/C13H25N3/c1-6-7-14-8-13(4,5)9-16-10-15-11(2)12(16)3/h10,14H,6-9H2,1-5H3. The minimum Gasteiger partial charge on any atom is -0.334 e. The molecular weight excluding hydrogens is 198 g/mol. The van der Waals surface area contributed by atoms with Crippen LogP contribution in [0.5, 0.6) is 0 Å². The predicted octanol–water partition coefficient (Wildman–Crippen LogP) is 2.53. The van der Waals surface area contributed by atoms with Crippen LogP contribution in [0.2, 0.25) is 0 Å². The fourth-order valence-corrected chi connectivity index (χ4v) is 1.82. The summed E-state index contributed by atoms with van der Waals surface area (Å²) in [4.78, 5) is 4.34. The first kappa shape index (κ1) is 13.2. The highest BCUT2D eigenvalue weighted by Gasteiger charge is 2.19. The van der Waals surface area contributed by atoms with Crippen molar-refractivity contribution in [3.63, 3.8) is 0 Å². The molecule has 0 unspecified atom stereocenters. The summed E-state index contributed by atoms with van der Waals surface area (Å²) >= 11 is 0. The lowest BCUT2D eigenvalue weighted by atomic mass is 9.93. The van der Waals surface area contributed by atoms with Gasteiger partial charge in [-0.15, -0.1) is 0 Å². The van der Waals surface area contributed by atoms with Crippen molar-refractivity contribution in [3.05, 3.63) is 17.7 Å². The predicted molar refractivity (Wildman–Crippen MR) is 68.6 cm³/mol. The highest BCUT2D eigenvalue weighted by Crippen LogP contribution is 2.18. The molecular formula is C13H25N3. The van der Waals surface area contributed by atoms with E-state index >= 15 is 0 Å². The van der Waals surface area contributed by atoms with E-state index in [9.17, 15) is 0 Å². The molecule has 3 nitrogen and oxygen atoms in total. The second-order valence-electron chi connectivity index (χ2n) is 5.38. The van der Waals surface area contributed by atoms with Gasteiger partial charge < -0.3 is 9.88 Å². The van der Waals surface area contributed by atoms with Crippen LogP contribution >= 0.6 is 0 Å². The third kappa shape index (κ3) is 3.63. The summed E-state index contributed by atoms with van der Waals surface area (Å²) in [5.74, 6) is 0. The molecule has 0 fully saturated rings. The van der Waals surface area contributed by atoms with Crippen molar-refractivity contribution >= 4 is 0 Å². The zero-order valence-corrected chi connectivity index (χ0v) is 11.3. The van der Waals surface area contributed by atoms with Crippen molar-refractivity contribution in [1.82, 2.24) is 14.9 Å². The Morgan fingerprint density at radius 3 is 2.56 bits per heavy atom. The number of hydrogen-bond acceptors (Lipinski definition) is 2. The second kappa shape index (κ2) is 5.48. The van der Waals surface area contributed by atoms with E-state index in [-0.39, 0.29) is 5.41 Å². The van der Waals surface area contributed by atoms with Crippen LogP contribution in [0.1, 0.15) is 38.6 Å². The maximum atomic E-state index is 4.34. The molecule has 1 aromatic rings. The summed E-state index contributed by atoms with van der Waals surface area (Å²) in [7, 11) is 0. The van der Waals surface area contributed by atoms with Crippen molar-refractivity contribution in [2.24, 2.45) is 5.41 Å². The van der Waals surface area contributed by atoms with Crippen LogP contribution in [-0.4, -0.2) is 22.6 Å². The molecule has 0 amide bonds. The Hall–Kier alpha value is -0.830. The maximum absolute atomic E-state index is 4.34. The first-order chi connectivity index (χ1) is 7.46. The summed E-state index contributed by atoms with van der Waals surface area (Å²) in [6.07, 6.45) is 3.14. The molecule has 0 aliphatic heterocycles. The average molecular weight is 223 g/mol. The molecule has 1 heterocycles. The Bertz CT molecular complexity index is 326. The van der Waals surface area contributed by atoms with Gasteiger partial charge in [0.05, 0.1) is 12.0 Å². The van der Waals surface area contributed by atoms with Gasteiger partial charge in [0, 0.05) is 18.8 Å². The van der Waals surface area contributed by atoms with Gasteiger partial charge in [0.2, 0.25) is 0 Å². The van der Waals surface area contributed by atoms with Gasteiger partial charge in [0.25, 0.3) is 0 Å². The Morgan fingerprint density at radius 2 is 2.06 bits per heavy atom. The van der Waals surface area contributed by atoms with E-state index in [2.05, 4.69) is 49.5 Å². The lowest BCUT2D eigenvalue weighted by molar-refractivity contribution is 0.287. The minimum atomic E-state index is 0.271. The van der Waals surface area contributed by atoms with Crippen molar-refractivity contribution in [2.75, 3.05) is 13.1 Å². The Kier molecular flexibility index (Phi) is 4.54.